The highest BCUT2D eigenvalue weighted by Crippen LogP contribution is 2.20. The molecule has 0 fully saturated rings. The summed E-state index contributed by atoms with van der Waals surface area (Å²) in [5.74, 6) is 0.988. The van der Waals surface area contributed by atoms with Gasteiger partial charge in [0.05, 0.1) is 7.11 Å². The monoisotopic (exact) mass is 221 g/mol. The third-order valence-electron chi connectivity index (χ3n) is 2.54. The molecule has 16 heavy (non-hydrogen) atoms. The van der Waals surface area contributed by atoms with Crippen molar-refractivity contribution in [3.8, 4) is 5.75 Å². The number of benzene rings is 1. The van der Waals surface area contributed by atoms with E-state index in [0.717, 1.165) is 17.7 Å². The zero-order valence-corrected chi connectivity index (χ0v) is 10.2. The second-order valence-electron chi connectivity index (χ2n) is 3.63. The minimum atomic E-state index is 0.0777. The number of aryl methyl sites for hydroxylation is 1. The molecule has 0 saturated carbocycles. The Kier molecular flexibility index (Phi) is 4.83. The number of carbonyl (C=O) groups excluding carboxylic acids is 1. The Balaban J connectivity index is 2.71. The lowest BCUT2D eigenvalue weighted by Crippen LogP contribution is -2.21. The van der Waals surface area contributed by atoms with Crippen LogP contribution in [0.3, 0.4) is 0 Å². The van der Waals surface area contributed by atoms with Crippen LogP contribution >= 0.6 is 0 Å². The molecule has 0 saturated heterocycles. The number of amides is 1. The summed E-state index contributed by atoms with van der Waals surface area (Å²) in [5.41, 5.74) is 2.28. The summed E-state index contributed by atoms with van der Waals surface area (Å²) in [6.07, 6.45) is 1.45. The molecular weight excluding hydrogens is 202 g/mol. The molecule has 0 aromatic heterocycles. The standard InChI is InChI=1S/C13H19NO2/c1-4-11-8-10(6-7-12(11)16-3)9-14-13(15)5-2/h6-8H,4-5,9H2,1-3H3,(H,14,15). The average molecular weight is 221 g/mol. The normalized spacial score (nSPS) is 9.94. The predicted molar refractivity (Wildman–Crippen MR) is 64.5 cm³/mol. The molecule has 0 unspecified atom stereocenters. The van der Waals surface area contributed by atoms with Crippen molar-refractivity contribution in [3.05, 3.63) is 29.3 Å². The third-order valence-corrected chi connectivity index (χ3v) is 2.54. The summed E-state index contributed by atoms with van der Waals surface area (Å²) in [4.78, 5) is 11.1. The number of nitrogens with one attached hydrogen (secondary N) is 1. The van der Waals surface area contributed by atoms with Crippen LogP contribution in [-0.4, -0.2) is 13.0 Å². The molecule has 0 spiro atoms. The Bertz CT molecular complexity index is 361. The van der Waals surface area contributed by atoms with E-state index in [1.54, 1.807) is 7.11 Å². The Morgan fingerprint density at radius 1 is 1.38 bits per heavy atom. The van der Waals surface area contributed by atoms with E-state index in [0.29, 0.717) is 13.0 Å². The van der Waals surface area contributed by atoms with Gasteiger partial charge in [0.1, 0.15) is 5.75 Å². The highest BCUT2D eigenvalue weighted by Gasteiger charge is 2.03. The first-order chi connectivity index (χ1) is 7.71. The lowest BCUT2D eigenvalue weighted by Gasteiger charge is -2.09. The molecule has 1 N–H and O–H groups in total. The lowest BCUT2D eigenvalue weighted by atomic mass is 10.1. The van der Waals surface area contributed by atoms with Crippen LogP contribution in [-0.2, 0) is 17.8 Å². The van der Waals surface area contributed by atoms with Crippen molar-refractivity contribution in [2.45, 2.75) is 33.2 Å². The third kappa shape index (κ3) is 3.26. The van der Waals surface area contributed by atoms with Gasteiger partial charge in [0, 0.05) is 13.0 Å². The maximum Gasteiger partial charge on any atom is 0.219 e. The Morgan fingerprint density at radius 3 is 2.69 bits per heavy atom. The van der Waals surface area contributed by atoms with Gasteiger partial charge in [-0.3, -0.25) is 4.79 Å². The lowest BCUT2D eigenvalue weighted by molar-refractivity contribution is -0.120. The first-order valence-electron chi connectivity index (χ1n) is 5.63. The zero-order valence-electron chi connectivity index (χ0n) is 10.2. The van der Waals surface area contributed by atoms with Crippen LogP contribution < -0.4 is 10.1 Å². The van der Waals surface area contributed by atoms with Crippen LogP contribution in [0.15, 0.2) is 18.2 Å². The maximum atomic E-state index is 11.1. The smallest absolute Gasteiger partial charge is 0.219 e. The minimum Gasteiger partial charge on any atom is -0.496 e. The van der Waals surface area contributed by atoms with Crippen LogP contribution in [0, 0.1) is 0 Å². The molecule has 88 valence electrons. The van der Waals surface area contributed by atoms with Gasteiger partial charge in [-0.25, -0.2) is 0 Å². The van der Waals surface area contributed by atoms with E-state index in [2.05, 4.69) is 18.3 Å². The van der Waals surface area contributed by atoms with Crippen molar-refractivity contribution >= 4 is 5.91 Å². The number of hydrogen-bond acceptors (Lipinski definition) is 2. The van der Waals surface area contributed by atoms with Crippen LogP contribution in [0.2, 0.25) is 0 Å². The Hall–Kier alpha value is -1.51. The first-order valence-corrected chi connectivity index (χ1v) is 5.63. The van der Waals surface area contributed by atoms with E-state index < -0.39 is 0 Å². The number of ether oxygens (including phenoxy) is 1. The van der Waals surface area contributed by atoms with Gasteiger partial charge in [0.15, 0.2) is 0 Å². The van der Waals surface area contributed by atoms with E-state index in [4.69, 9.17) is 4.74 Å². The largest absolute Gasteiger partial charge is 0.496 e. The van der Waals surface area contributed by atoms with Crippen LogP contribution in [0.4, 0.5) is 0 Å². The SMILES string of the molecule is CCC(=O)NCc1ccc(OC)c(CC)c1. The summed E-state index contributed by atoms with van der Waals surface area (Å²) < 4.78 is 5.25. The quantitative estimate of drug-likeness (QED) is 0.828. The summed E-state index contributed by atoms with van der Waals surface area (Å²) in [5, 5.41) is 2.86. The summed E-state index contributed by atoms with van der Waals surface area (Å²) in [7, 11) is 1.67. The predicted octanol–water partition coefficient (Wildman–Crippen LogP) is 2.28. The van der Waals surface area contributed by atoms with Crippen LogP contribution in [0.25, 0.3) is 0 Å². The molecule has 1 amide bonds. The van der Waals surface area contributed by atoms with E-state index in [1.807, 2.05) is 19.1 Å². The fourth-order valence-corrected chi connectivity index (χ4v) is 1.54. The number of rotatable bonds is 5. The van der Waals surface area contributed by atoms with Crippen molar-refractivity contribution < 1.29 is 9.53 Å². The molecule has 0 aliphatic heterocycles. The molecule has 1 aromatic carbocycles. The highest BCUT2D eigenvalue weighted by atomic mass is 16.5. The van der Waals surface area contributed by atoms with Gasteiger partial charge in [-0.1, -0.05) is 26.0 Å². The summed E-state index contributed by atoms with van der Waals surface area (Å²) in [6.45, 7) is 4.52. The summed E-state index contributed by atoms with van der Waals surface area (Å²) >= 11 is 0. The van der Waals surface area contributed by atoms with Crippen LogP contribution in [0.5, 0.6) is 5.75 Å². The second-order valence-corrected chi connectivity index (χ2v) is 3.63. The molecule has 1 aromatic rings. The molecular formula is C13H19NO2. The molecule has 3 nitrogen and oxygen atoms in total. The van der Waals surface area contributed by atoms with E-state index in [9.17, 15) is 4.79 Å². The average Bonchev–Trinajstić information content (AvgIpc) is 2.35. The van der Waals surface area contributed by atoms with E-state index >= 15 is 0 Å². The fraction of sp³-hybridized carbons (Fsp3) is 0.462. The van der Waals surface area contributed by atoms with Crippen molar-refractivity contribution in [2.75, 3.05) is 7.11 Å². The maximum absolute atomic E-state index is 11.1. The highest BCUT2D eigenvalue weighted by molar-refractivity contribution is 5.75. The van der Waals surface area contributed by atoms with Gasteiger partial charge in [-0.15, -0.1) is 0 Å². The van der Waals surface area contributed by atoms with Crippen molar-refractivity contribution in [1.82, 2.24) is 5.32 Å². The van der Waals surface area contributed by atoms with Gasteiger partial charge in [-0.2, -0.15) is 0 Å². The molecule has 0 aliphatic rings. The number of carbonyl (C=O) groups is 1. The topological polar surface area (TPSA) is 38.3 Å². The van der Waals surface area contributed by atoms with Gasteiger partial charge >= 0.3 is 0 Å². The van der Waals surface area contributed by atoms with Crippen LogP contribution in [0.1, 0.15) is 31.4 Å². The van der Waals surface area contributed by atoms with E-state index in [-0.39, 0.29) is 5.91 Å². The molecule has 0 atom stereocenters. The Morgan fingerprint density at radius 2 is 2.12 bits per heavy atom. The second kappa shape index (κ2) is 6.16. The number of hydrogen-bond donors (Lipinski definition) is 1. The molecule has 0 heterocycles. The van der Waals surface area contributed by atoms with Gasteiger partial charge in [0.2, 0.25) is 5.91 Å². The zero-order chi connectivity index (χ0) is 12.0. The molecule has 0 radical (unpaired) electrons. The molecule has 3 heteroatoms. The van der Waals surface area contributed by atoms with Crippen molar-refractivity contribution in [1.29, 1.82) is 0 Å². The Labute approximate surface area is 96.8 Å². The van der Waals surface area contributed by atoms with Crippen molar-refractivity contribution in [2.24, 2.45) is 0 Å². The van der Waals surface area contributed by atoms with E-state index in [1.165, 1.54) is 5.56 Å². The minimum absolute atomic E-state index is 0.0777. The molecule has 1 rings (SSSR count). The number of methoxy groups -OCH3 is 1. The first kappa shape index (κ1) is 12.6. The van der Waals surface area contributed by atoms with Gasteiger partial charge in [-0.05, 0) is 23.6 Å². The summed E-state index contributed by atoms with van der Waals surface area (Å²) in [6, 6.07) is 6.01. The molecule has 0 bridgehead atoms. The fourth-order valence-electron chi connectivity index (χ4n) is 1.54. The molecule has 0 aliphatic carbocycles. The van der Waals surface area contributed by atoms with Gasteiger partial charge in [0.25, 0.3) is 0 Å². The van der Waals surface area contributed by atoms with Crippen molar-refractivity contribution in [3.63, 3.8) is 0 Å². The van der Waals surface area contributed by atoms with Gasteiger partial charge < -0.3 is 10.1 Å².